The summed E-state index contributed by atoms with van der Waals surface area (Å²) in [6.45, 7) is 7.43. The van der Waals surface area contributed by atoms with Crippen LogP contribution in [0.25, 0.3) is 16.4 Å². The highest BCUT2D eigenvalue weighted by Crippen LogP contribution is 2.25. The van der Waals surface area contributed by atoms with Crippen LogP contribution in [0, 0.1) is 6.92 Å². The molecule has 0 aliphatic carbocycles. The second-order valence-corrected chi connectivity index (χ2v) is 5.33. The van der Waals surface area contributed by atoms with E-state index < -0.39 is 0 Å². The molecule has 0 amide bonds. The number of benzene rings is 1. The molecule has 0 bridgehead atoms. The van der Waals surface area contributed by atoms with E-state index in [2.05, 4.69) is 10.1 Å². The summed E-state index contributed by atoms with van der Waals surface area (Å²) in [6, 6.07) is 10.0. The fourth-order valence-corrected chi connectivity index (χ4v) is 2.89. The lowest BCUT2D eigenvalue weighted by Gasteiger charge is -1.99. The Kier molecular flexibility index (Phi) is 5.22. The number of hydrogen-bond acceptors (Lipinski definition) is 4. The first kappa shape index (κ1) is 16.1. The minimum atomic E-state index is 0.0218. The standard InChI is InChI=1S/C15H13N3OS.C2H6/c1-10-13(11(2)19)8-16-18(10)15-17-14(9-20-15)12-6-4-3-5-7-12;1-2/h3-9H,1-2H3;1-2H3. The number of rotatable bonds is 3. The highest BCUT2D eigenvalue weighted by Gasteiger charge is 2.14. The lowest BCUT2D eigenvalue weighted by Crippen LogP contribution is -2.00. The van der Waals surface area contributed by atoms with Crippen LogP contribution in [-0.4, -0.2) is 20.5 Å². The van der Waals surface area contributed by atoms with Gasteiger partial charge in [-0.2, -0.15) is 5.10 Å². The lowest BCUT2D eigenvalue weighted by molar-refractivity contribution is 0.101. The van der Waals surface area contributed by atoms with E-state index in [1.165, 1.54) is 11.3 Å². The Morgan fingerprint density at radius 1 is 1.18 bits per heavy atom. The topological polar surface area (TPSA) is 47.8 Å². The van der Waals surface area contributed by atoms with Crippen LogP contribution in [0.3, 0.4) is 0 Å². The van der Waals surface area contributed by atoms with Gasteiger partial charge in [0.25, 0.3) is 0 Å². The third-order valence-corrected chi connectivity index (χ3v) is 3.95. The average Bonchev–Trinajstić information content (AvgIpc) is 3.16. The number of carbonyl (C=O) groups excluding carboxylic acids is 1. The molecule has 3 rings (SSSR count). The quantitative estimate of drug-likeness (QED) is 0.667. The SMILES string of the molecule is CC.CC(=O)c1cnn(-c2nc(-c3ccccc3)cs2)c1C. The van der Waals surface area contributed by atoms with E-state index in [0.717, 1.165) is 22.1 Å². The zero-order chi connectivity index (χ0) is 16.1. The second kappa shape index (κ2) is 7.13. The number of thiazole rings is 1. The van der Waals surface area contributed by atoms with E-state index in [-0.39, 0.29) is 5.78 Å². The number of hydrogen-bond donors (Lipinski definition) is 0. The summed E-state index contributed by atoms with van der Waals surface area (Å²) in [4.78, 5) is 16.1. The van der Waals surface area contributed by atoms with E-state index in [9.17, 15) is 4.79 Å². The summed E-state index contributed by atoms with van der Waals surface area (Å²) < 4.78 is 1.72. The summed E-state index contributed by atoms with van der Waals surface area (Å²) >= 11 is 1.51. The molecule has 4 nitrogen and oxygen atoms in total. The van der Waals surface area contributed by atoms with Gasteiger partial charge in [0, 0.05) is 10.9 Å². The monoisotopic (exact) mass is 313 g/mol. The van der Waals surface area contributed by atoms with E-state index in [1.54, 1.807) is 17.8 Å². The zero-order valence-electron chi connectivity index (χ0n) is 13.2. The van der Waals surface area contributed by atoms with Gasteiger partial charge < -0.3 is 0 Å². The van der Waals surface area contributed by atoms with Gasteiger partial charge in [0.2, 0.25) is 5.13 Å². The van der Waals surface area contributed by atoms with Gasteiger partial charge in [0.15, 0.2) is 5.78 Å². The minimum absolute atomic E-state index is 0.0218. The van der Waals surface area contributed by atoms with Crippen molar-refractivity contribution in [2.45, 2.75) is 27.7 Å². The van der Waals surface area contributed by atoms with Gasteiger partial charge in [-0.05, 0) is 13.8 Å². The molecule has 0 saturated heterocycles. The molecule has 2 heterocycles. The van der Waals surface area contributed by atoms with Crippen LogP contribution in [-0.2, 0) is 0 Å². The number of Topliss-reactive ketones (excluding diaryl/α,β-unsaturated/α-hetero) is 1. The van der Waals surface area contributed by atoms with E-state index in [0.29, 0.717) is 5.56 Å². The Hall–Kier alpha value is -2.27. The molecule has 0 saturated carbocycles. The Balaban J connectivity index is 0.000000847. The normalized spacial score (nSPS) is 10.0. The van der Waals surface area contributed by atoms with Crippen LogP contribution in [0.2, 0.25) is 0 Å². The van der Waals surface area contributed by atoms with Crippen LogP contribution < -0.4 is 0 Å². The fraction of sp³-hybridized carbons (Fsp3) is 0.235. The van der Waals surface area contributed by atoms with Gasteiger partial charge in [-0.1, -0.05) is 44.2 Å². The molecule has 0 unspecified atom stereocenters. The van der Waals surface area contributed by atoms with Gasteiger partial charge in [-0.25, -0.2) is 9.67 Å². The first-order chi connectivity index (χ1) is 10.7. The van der Waals surface area contributed by atoms with Crippen molar-refractivity contribution in [3.05, 3.63) is 53.2 Å². The summed E-state index contributed by atoms with van der Waals surface area (Å²) in [5.74, 6) is 0.0218. The molecule has 0 aliphatic heterocycles. The van der Waals surface area contributed by atoms with E-state index >= 15 is 0 Å². The number of ketones is 1. The molecule has 0 radical (unpaired) electrons. The van der Waals surface area contributed by atoms with Gasteiger partial charge in [0.05, 0.1) is 23.1 Å². The third kappa shape index (κ3) is 3.14. The van der Waals surface area contributed by atoms with Crippen LogP contribution in [0.1, 0.15) is 36.8 Å². The van der Waals surface area contributed by atoms with E-state index in [1.807, 2.05) is 56.5 Å². The number of aromatic nitrogens is 3. The second-order valence-electron chi connectivity index (χ2n) is 4.49. The fourth-order valence-electron chi connectivity index (χ4n) is 2.05. The maximum atomic E-state index is 11.5. The molecule has 3 aromatic rings. The summed E-state index contributed by atoms with van der Waals surface area (Å²) in [5, 5.41) is 7.03. The van der Waals surface area contributed by atoms with Gasteiger partial charge in [-0.3, -0.25) is 4.79 Å². The van der Waals surface area contributed by atoms with Gasteiger partial charge in [-0.15, -0.1) is 11.3 Å². The Labute approximate surface area is 134 Å². The molecule has 0 spiro atoms. The molecular weight excluding hydrogens is 294 g/mol. The molecule has 0 aliphatic rings. The predicted molar refractivity (Wildman–Crippen MR) is 90.8 cm³/mol. The van der Waals surface area contributed by atoms with Crippen LogP contribution in [0.15, 0.2) is 41.9 Å². The van der Waals surface area contributed by atoms with Gasteiger partial charge >= 0.3 is 0 Å². The predicted octanol–water partition coefficient (Wildman–Crippen LogP) is 4.53. The summed E-state index contributed by atoms with van der Waals surface area (Å²) in [5.41, 5.74) is 3.46. The highest BCUT2D eigenvalue weighted by molar-refractivity contribution is 7.12. The van der Waals surface area contributed by atoms with Crippen molar-refractivity contribution in [1.82, 2.24) is 14.8 Å². The first-order valence-corrected chi connectivity index (χ1v) is 8.11. The average molecular weight is 313 g/mol. The summed E-state index contributed by atoms with van der Waals surface area (Å²) in [6.07, 6.45) is 1.60. The molecule has 0 N–H and O–H groups in total. The number of nitrogens with zero attached hydrogens (tertiary/aromatic N) is 3. The van der Waals surface area contributed by atoms with Crippen molar-refractivity contribution >= 4 is 17.1 Å². The molecule has 2 aromatic heterocycles. The number of carbonyl (C=O) groups is 1. The molecular formula is C17H19N3OS. The highest BCUT2D eigenvalue weighted by atomic mass is 32.1. The van der Waals surface area contributed by atoms with Crippen molar-refractivity contribution in [1.29, 1.82) is 0 Å². The van der Waals surface area contributed by atoms with Crippen LogP contribution >= 0.6 is 11.3 Å². The Morgan fingerprint density at radius 3 is 2.45 bits per heavy atom. The van der Waals surface area contributed by atoms with Crippen LogP contribution in [0.4, 0.5) is 0 Å². The maximum Gasteiger partial charge on any atom is 0.211 e. The molecule has 5 heteroatoms. The zero-order valence-corrected chi connectivity index (χ0v) is 14.0. The van der Waals surface area contributed by atoms with Crippen molar-refractivity contribution in [3.63, 3.8) is 0 Å². The minimum Gasteiger partial charge on any atom is -0.294 e. The molecule has 114 valence electrons. The maximum absolute atomic E-state index is 11.5. The van der Waals surface area contributed by atoms with Crippen LogP contribution in [0.5, 0.6) is 0 Å². The lowest BCUT2D eigenvalue weighted by atomic mass is 10.2. The van der Waals surface area contributed by atoms with Gasteiger partial charge in [0.1, 0.15) is 0 Å². The largest absolute Gasteiger partial charge is 0.294 e. The first-order valence-electron chi connectivity index (χ1n) is 7.23. The van der Waals surface area contributed by atoms with Crippen molar-refractivity contribution < 1.29 is 4.79 Å². The summed E-state index contributed by atoms with van der Waals surface area (Å²) in [7, 11) is 0. The van der Waals surface area contributed by atoms with E-state index in [4.69, 9.17) is 0 Å². The van der Waals surface area contributed by atoms with Crippen molar-refractivity contribution in [2.75, 3.05) is 0 Å². The third-order valence-electron chi connectivity index (χ3n) is 3.13. The van der Waals surface area contributed by atoms with Crippen molar-refractivity contribution in [3.8, 4) is 16.4 Å². The van der Waals surface area contributed by atoms with Crippen molar-refractivity contribution in [2.24, 2.45) is 0 Å². The Morgan fingerprint density at radius 2 is 1.86 bits per heavy atom. The Bertz CT molecular complexity index is 759. The molecule has 22 heavy (non-hydrogen) atoms. The molecule has 0 fully saturated rings. The molecule has 1 aromatic carbocycles. The smallest absolute Gasteiger partial charge is 0.211 e. The molecule has 0 atom stereocenters.